The lowest BCUT2D eigenvalue weighted by atomic mass is 10.1. The summed E-state index contributed by atoms with van der Waals surface area (Å²) in [5, 5.41) is 8.72. The molecule has 0 spiro atoms. The summed E-state index contributed by atoms with van der Waals surface area (Å²) >= 11 is 3.44. The third-order valence-corrected chi connectivity index (χ3v) is 5.85. The van der Waals surface area contributed by atoms with Crippen molar-refractivity contribution >= 4 is 39.4 Å². The number of hydrogen-bond acceptors (Lipinski definition) is 2. The molecule has 0 saturated carbocycles. The van der Waals surface area contributed by atoms with E-state index < -0.39 is 0 Å². The van der Waals surface area contributed by atoms with Gasteiger partial charge in [0, 0.05) is 17.6 Å². The molecule has 2 aromatic carbocycles. The van der Waals surface area contributed by atoms with E-state index in [1.165, 1.54) is 37.6 Å². The van der Waals surface area contributed by atoms with Crippen LogP contribution in [0.25, 0.3) is 11.0 Å². The second-order valence-electron chi connectivity index (χ2n) is 7.54. The number of fused-ring (bicyclic) bond motifs is 1. The Morgan fingerprint density at radius 3 is 2.00 bits per heavy atom. The highest BCUT2D eigenvalue weighted by molar-refractivity contribution is 9.10. The minimum absolute atomic E-state index is 0. The van der Waals surface area contributed by atoms with Gasteiger partial charge in [-0.3, -0.25) is 5.41 Å². The molecule has 0 fully saturated rings. The first-order valence-electron chi connectivity index (χ1n) is 10.8. The van der Waals surface area contributed by atoms with Crippen LogP contribution >= 0.6 is 28.3 Å². The largest absolute Gasteiger partial charge is 0.494 e. The standard InChI is InChI=1S/C24H32BrN3O.ClH/c1-2-3-4-5-6-9-17-27-22-11-7-8-12-23(22)28(24(27)26)18-10-19-29-21-15-13-20(25)14-16-21;/h7-8,11-16,26H,2-6,9-10,17-19H2,1H3;1H. The fourth-order valence-electron chi connectivity index (χ4n) is 3.74. The van der Waals surface area contributed by atoms with Crippen LogP contribution in [0.5, 0.6) is 5.75 Å². The monoisotopic (exact) mass is 493 g/mol. The minimum Gasteiger partial charge on any atom is -0.494 e. The van der Waals surface area contributed by atoms with E-state index in [0.29, 0.717) is 12.2 Å². The number of aryl methyl sites for hydroxylation is 2. The second-order valence-corrected chi connectivity index (χ2v) is 8.45. The lowest BCUT2D eigenvalue weighted by Crippen LogP contribution is -2.25. The first-order chi connectivity index (χ1) is 14.2. The van der Waals surface area contributed by atoms with Crippen LogP contribution in [-0.2, 0) is 13.1 Å². The third-order valence-electron chi connectivity index (χ3n) is 5.32. The maximum Gasteiger partial charge on any atom is 0.202 e. The summed E-state index contributed by atoms with van der Waals surface area (Å²) in [6.45, 7) is 4.61. The zero-order valence-corrected chi connectivity index (χ0v) is 20.2. The average Bonchev–Trinajstić information content (AvgIpc) is 3.00. The number of halogens is 2. The van der Waals surface area contributed by atoms with Crippen molar-refractivity contribution in [2.45, 2.75) is 65.0 Å². The van der Waals surface area contributed by atoms with E-state index in [9.17, 15) is 0 Å². The maximum atomic E-state index is 8.72. The van der Waals surface area contributed by atoms with Gasteiger partial charge in [-0.05, 0) is 49.2 Å². The topological polar surface area (TPSA) is 42.9 Å². The molecule has 30 heavy (non-hydrogen) atoms. The highest BCUT2D eigenvalue weighted by atomic mass is 79.9. The van der Waals surface area contributed by atoms with Gasteiger partial charge in [0.2, 0.25) is 5.62 Å². The van der Waals surface area contributed by atoms with E-state index in [0.717, 1.165) is 41.7 Å². The highest BCUT2D eigenvalue weighted by Crippen LogP contribution is 2.17. The Labute approximate surface area is 194 Å². The zero-order valence-electron chi connectivity index (χ0n) is 17.8. The fraction of sp³-hybridized carbons (Fsp3) is 0.458. The van der Waals surface area contributed by atoms with Crippen molar-refractivity contribution in [2.24, 2.45) is 0 Å². The van der Waals surface area contributed by atoms with E-state index in [-0.39, 0.29) is 12.4 Å². The van der Waals surface area contributed by atoms with Crippen molar-refractivity contribution in [3.8, 4) is 5.75 Å². The van der Waals surface area contributed by atoms with Gasteiger partial charge < -0.3 is 13.9 Å². The molecular weight excluding hydrogens is 462 g/mol. The molecule has 4 nitrogen and oxygen atoms in total. The maximum absolute atomic E-state index is 8.72. The smallest absolute Gasteiger partial charge is 0.202 e. The van der Waals surface area contributed by atoms with E-state index in [1.807, 2.05) is 24.3 Å². The normalized spacial score (nSPS) is 10.9. The third kappa shape index (κ3) is 6.64. The Bertz CT molecular complexity index is 949. The summed E-state index contributed by atoms with van der Waals surface area (Å²) < 4.78 is 11.2. The number of nitrogens with zero attached hydrogens (tertiary/aromatic N) is 2. The number of ether oxygens (including phenoxy) is 1. The van der Waals surface area contributed by atoms with Crippen LogP contribution in [0.15, 0.2) is 53.0 Å². The molecule has 0 unspecified atom stereocenters. The molecule has 0 amide bonds. The molecule has 1 aromatic heterocycles. The molecule has 0 bridgehead atoms. The van der Waals surface area contributed by atoms with Gasteiger partial charge in [-0.1, -0.05) is 67.1 Å². The van der Waals surface area contributed by atoms with Crippen molar-refractivity contribution in [3.63, 3.8) is 0 Å². The van der Waals surface area contributed by atoms with E-state index in [1.54, 1.807) is 0 Å². The highest BCUT2D eigenvalue weighted by Gasteiger charge is 2.10. The first-order valence-corrected chi connectivity index (χ1v) is 11.6. The first kappa shape index (κ1) is 24.5. The summed E-state index contributed by atoms with van der Waals surface area (Å²) in [5.41, 5.74) is 2.91. The predicted octanol–water partition coefficient (Wildman–Crippen LogP) is 6.94. The van der Waals surface area contributed by atoms with Crippen molar-refractivity contribution in [3.05, 3.63) is 58.6 Å². The number of rotatable bonds is 12. The molecular formula is C24H33BrClN3O. The molecule has 3 aromatic rings. The van der Waals surface area contributed by atoms with Gasteiger partial charge in [0.15, 0.2) is 0 Å². The second kappa shape index (κ2) is 12.9. The van der Waals surface area contributed by atoms with Gasteiger partial charge in [0.05, 0.1) is 17.6 Å². The lowest BCUT2D eigenvalue weighted by molar-refractivity contribution is 0.301. The molecule has 0 saturated heterocycles. The van der Waals surface area contributed by atoms with Gasteiger partial charge in [0.1, 0.15) is 5.75 Å². The van der Waals surface area contributed by atoms with Crippen LogP contribution in [0, 0.1) is 5.41 Å². The molecule has 3 rings (SSSR count). The van der Waals surface area contributed by atoms with Crippen LogP contribution in [0.2, 0.25) is 0 Å². The minimum atomic E-state index is 0. The van der Waals surface area contributed by atoms with Crippen molar-refractivity contribution in [1.29, 1.82) is 5.41 Å². The van der Waals surface area contributed by atoms with E-state index >= 15 is 0 Å². The molecule has 0 radical (unpaired) electrons. The average molecular weight is 495 g/mol. The molecule has 1 heterocycles. The number of para-hydroxylation sites is 2. The summed E-state index contributed by atoms with van der Waals surface area (Å²) in [6.07, 6.45) is 8.50. The Balaban J connectivity index is 0.00000320. The number of imidazole rings is 1. The number of aromatic nitrogens is 2. The van der Waals surface area contributed by atoms with Crippen molar-refractivity contribution in [1.82, 2.24) is 9.13 Å². The molecule has 0 aliphatic rings. The summed E-state index contributed by atoms with van der Waals surface area (Å²) in [5.74, 6) is 0.884. The Morgan fingerprint density at radius 1 is 0.800 bits per heavy atom. The van der Waals surface area contributed by atoms with Crippen LogP contribution in [0.4, 0.5) is 0 Å². The number of nitrogens with one attached hydrogen (secondary N) is 1. The molecule has 0 atom stereocenters. The Morgan fingerprint density at radius 2 is 1.37 bits per heavy atom. The van der Waals surface area contributed by atoms with Crippen molar-refractivity contribution < 1.29 is 4.74 Å². The summed E-state index contributed by atoms with van der Waals surface area (Å²) in [4.78, 5) is 0. The van der Waals surface area contributed by atoms with Gasteiger partial charge >= 0.3 is 0 Å². The van der Waals surface area contributed by atoms with Crippen LogP contribution in [-0.4, -0.2) is 15.7 Å². The molecule has 1 N–H and O–H groups in total. The zero-order chi connectivity index (χ0) is 20.5. The summed E-state index contributed by atoms with van der Waals surface area (Å²) in [6, 6.07) is 16.3. The van der Waals surface area contributed by atoms with Gasteiger partial charge in [-0.2, -0.15) is 0 Å². The molecule has 164 valence electrons. The number of benzene rings is 2. The fourth-order valence-corrected chi connectivity index (χ4v) is 4.01. The molecule has 0 aliphatic heterocycles. The van der Waals surface area contributed by atoms with Gasteiger partial charge in [-0.15, -0.1) is 12.4 Å². The number of hydrogen-bond donors (Lipinski definition) is 1. The van der Waals surface area contributed by atoms with Crippen LogP contribution in [0.1, 0.15) is 51.9 Å². The Hall–Kier alpha value is -1.72. The van der Waals surface area contributed by atoms with E-state index in [2.05, 4.69) is 56.3 Å². The predicted molar refractivity (Wildman–Crippen MR) is 131 cm³/mol. The van der Waals surface area contributed by atoms with Gasteiger partial charge in [-0.25, -0.2) is 0 Å². The molecule has 6 heteroatoms. The number of unbranched alkanes of at least 4 members (excludes halogenated alkanes) is 5. The quantitative estimate of drug-likeness (QED) is 0.272. The lowest BCUT2D eigenvalue weighted by Gasteiger charge is -2.08. The van der Waals surface area contributed by atoms with E-state index in [4.69, 9.17) is 10.1 Å². The van der Waals surface area contributed by atoms with Crippen LogP contribution < -0.4 is 10.4 Å². The summed E-state index contributed by atoms with van der Waals surface area (Å²) in [7, 11) is 0. The van der Waals surface area contributed by atoms with Gasteiger partial charge in [0.25, 0.3) is 0 Å². The van der Waals surface area contributed by atoms with Crippen molar-refractivity contribution in [2.75, 3.05) is 6.61 Å². The SMILES string of the molecule is CCCCCCCCn1c(=N)n(CCCOc2ccc(Br)cc2)c2ccccc21.Cl. The van der Waals surface area contributed by atoms with Crippen LogP contribution in [0.3, 0.4) is 0 Å². The Kier molecular flexibility index (Phi) is 10.5. The molecule has 0 aliphatic carbocycles.